The van der Waals surface area contributed by atoms with Gasteiger partial charge in [-0.05, 0) is 55.1 Å². The molecule has 0 spiro atoms. The van der Waals surface area contributed by atoms with Crippen LogP contribution < -0.4 is 8.92 Å². The maximum atomic E-state index is 13.1. The van der Waals surface area contributed by atoms with Crippen molar-refractivity contribution < 1.29 is 44.5 Å². The van der Waals surface area contributed by atoms with Gasteiger partial charge in [0.05, 0.1) is 11.1 Å². The first-order chi connectivity index (χ1) is 22.4. The standard InChI is InChI=1S/C25H16F3NO6S.C9H12FN/c26-25(27,28)36(32,33)35-23-18-12-7-13-29-21(18)24(20(15-31)19(23)14-30)34-22(16-8-3-1-4-9-16)17-10-5-2-6-11-17;1-11(2)7-8-3-5-9(10)6-4-8/h1-15,22H;3-6H,7H2,1-2H3. The third kappa shape index (κ3) is 8.37. The fourth-order valence-corrected chi connectivity index (χ4v) is 5.04. The van der Waals surface area contributed by atoms with E-state index in [-0.39, 0.29) is 35.0 Å². The molecule has 0 radical (unpaired) electrons. The first-order valence-electron chi connectivity index (χ1n) is 13.9. The van der Waals surface area contributed by atoms with E-state index in [2.05, 4.69) is 9.17 Å². The number of carbonyl (C=O) groups is 2. The lowest BCUT2D eigenvalue weighted by molar-refractivity contribution is -0.0499. The van der Waals surface area contributed by atoms with E-state index >= 15 is 0 Å². The Morgan fingerprint density at radius 2 is 1.32 bits per heavy atom. The Bertz CT molecular complexity index is 1900. The van der Waals surface area contributed by atoms with Gasteiger partial charge in [0.25, 0.3) is 0 Å². The summed E-state index contributed by atoms with van der Waals surface area (Å²) in [5.74, 6) is -1.37. The summed E-state index contributed by atoms with van der Waals surface area (Å²) in [4.78, 5) is 30.3. The summed E-state index contributed by atoms with van der Waals surface area (Å²) in [5.41, 5.74) is -4.72. The smallest absolute Gasteiger partial charge is 0.478 e. The van der Waals surface area contributed by atoms with E-state index < -0.39 is 38.6 Å². The molecule has 0 unspecified atom stereocenters. The Kier molecular flexibility index (Phi) is 11.1. The van der Waals surface area contributed by atoms with Crippen LogP contribution in [0.5, 0.6) is 11.5 Å². The number of fused-ring (bicyclic) bond motifs is 1. The predicted octanol–water partition coefficient (Wildman–Crippen LogP) is 7.14. The Labute approximate surface area is 268 Å². The number of ether oxygens (including phenoxy) is 1. The quantitative estimate of drug-likeness (QED) is 0.0670. The minimum Gasteiger partial charge on any atom is -0.478 e. The van der Waals surface area contributed by atoms with Gasteiger partial charge in [-0.3, -0.25) is 14.6 Å². The molecule has 13 heteroatoms. The van der Waals surface area contributed by atoms with Crippen molar-refractivity contribution in [2.45, 2.75) is 18.2 Å². The summed E-state index contributed by atoms with van der Waals surface area (Å²) >= 11 is 0. The monoisotopic (exact) mass is 668 g/mol. The molecule has 0 atom stereocenters. The number of aldehydes is 2. The van der Waals surface area contributed by atoms with Crippen molar-refractivity contribution in [3.8, 4) is 11.5 Å². The second kappa shape index (κ2) is 15.0. The first kappa shape index (κ1) is 34.7. The topological polar surface area (TPSA) is 103 Å². The van der Waals surface area contributed by atoms with Crippen LogP contribution in [0, 0.1) is 5.82 Å². The van der Waals surface area contributed by atoms with Gasteiger partial charge in [0.15, 0.2) is 24.1 Å². The molecule has 244 valence electrons. The highest BCUT2D eigenvalue weighted by Crippen LogP contribution is 2.43. The average molecular weight is 669 g/mol. The molecule has 0 aliphatic heterocycles. The van der Waals surface area contributed by atoms with Crippen molar-refractivity contribution in [2.24, 2.45) is 0 Å². The van der Waals surface area contributed by atoms with Gasteiger partial charge in [-0.15, -0.1) is 0 Å². The summed E-state index contributed by atoms with van der Waals surface area (Å²) in [6.07, 6.45) is 0.658. The van der Waals surface area contributed by atoms with Crippen molar-refractivity contribution in [3.05, 3.63) is 137 Å². The van der Waals surface area contributed by atoms with E-state index in [9.17, 15) is 35.6 Å². The molecule has 8 nitrogen and oxygen atoms in total. The van der Waals surface area contributed by atoms with E-state index in [0.29, 0.717) is 11.1 Å². The van der Waals surface area contributed by atoms with Crippen molar-refractivity contribution >= 4 is 33.6 Å². The molecule has 5 rings (SSSR count). The number of alkyl halides is 3. The molecule has 47 heavy (non-hydrogen) atoms. The second-order valence-corrected chi connectivity index (χ2v) is 11.8. The number of rotatable bonds is 10. The van der Waals surface area contributed by atoms with Crippen LogP contribution in [-0.4, -0.2) is 50.5 Å². The Balaban J connectivity index is 0.000000385. The van der Waals surface area contributed by atoms with Gasteiger partial charge in [-0.25, -0.2) is 4.39 Å². The van der Waals surface area contributed by atoms with Gasteiger partial charge < -0.3 is 13.8 Å². The van der Waals surface area contributed by atoms with Crippen molar-refractivity contribution in [1.82, 2.24) is 9.88 Å². The predicted molar refractivity (Wildman–Crippen MR) is 167 cm³/mol. The van der Waals surface area contributed by atoms with Crippen molar-refractivity contribution in [2.75, 3.05) is 14.1 Å². The van der Waals surface area contributed by atoms with E-state index in [1.807, 2.05) is 19.0 Å². The summed E-state index contributed by atoms with van der Waals surface area (Å²) in [6.45, 7) is 0.861. The number of carbonyl (C=O) groups excluding carboxylic acids is 2. The number of nitrogens with zero attached hydrogens (tertiary/aromatic N) is 2. The third-order valence-electron chi connectivity index (χ3n) is 6.61. The fourth-order valence-electron chi connectivity index (χ4n) is 4.54. The van der Waals surface area contributed by atoms with Gasteiger partial charge in [0, 0.05) is 18.1 Å². The largest absolute Gasteiger partial charge is 0.534 e. The molecular weight excluding hydrogens is 640 g/mol. The molecule has 0 aliphatic rings. The maximum absolute atomic E-state index is 13.1. The number of hydrogen-bond donors (Lipinski definition) is 0. The van der Waals surface area contributed by atoms with Gasteiger partial charge in [0.2, 0.25) is 0 Å². The Morgan fingerprint density at radius 3 is 1.81 bits per heavy atom. The summed E-state index contributed by atoms with van der Waals surface area (Å²) in [6, 6.07) is 26.8. The van der Waals surface area contributed by atoms with Crippen molar-refractivity contribution in [3.63, 3.8) is 0 Å². The molecular formula is C34H28F4N2O6S. The van der Waals surface area contributed by atoms with Crippen LogP contribution in [0.4, 0.5) is 17.6 Å². The molecule has 4 aromatic carbocycles. The van der Waals surface area contributed by atoms with Gasteiger partial charge >= 0.3 is 15.6 Å². The van der Waals surface area contributed by atoms with Crippen LogP contribution in [0.15, 0.2) is 103 Å². The van der Waals surface area contributed by atoms with Gasteiger partial charge in [-0.2, -0.15) is 21.6 Å². The summed E-state index contributed by atoms with van der Waals surface area (Å²) < 4.78 is 85.7. The van der Waals surface area contributed by atoms with Crippen LogP contribution >= 0.6 is 0 Å². The van der Waals surface area contributed by atoms with Crippen LogP contribution in [0.2, 0.25) is 0 Å². The number of pyridine rings is 1. The fraction of sp³-hybridized carbons (Fsp3) is 0.147. The van der Waals surface area contributed by atoms with Gasteiger partial charge in [-0.1, -0.05) is 72.8 Å². The van der Waals surface area contributed by atoms with Crippen molar-refractivity contribution in [1.29, 1.82) is 0 Å². The molecule has 0 fully saturated rings. The van der Waals surface area contributed by atoms with E-state index in [1.54, 1.807) is 72.8 Å². The van der Waals surface area contributed by atoms with Crippen LogP contribution in [0.25, 0.3) is 10.9 Å². The zero-order valence-corrected chi connectivity index (χ0v) is 25.8. The zero-order valence-electron chi connectivity index (χ0n) is 25.0. The van der Waals surface area contributed by atoms with E-state index in [1.165, 1.54) is 30.5 Å². The number of benzene rings is 4. The van der Waals surface area contributed by atoms with E-state index in [0.717, 1.165) is 12.1 Å². The number of halogens is 4. The maximum Gasteiger partial charge on any atom is 0.534 e. The lowest BCUT2D eigenvalue weighted by Gasteiger charge is -2.23. The molecule has 0 bridgehead atoms. The highest BCUT2D eigenvalue weighted by atomic mass is 32.2. The summed E-state index contributed by atoms with van der Waals surface area (Å²) in [7, 11) is -2.19. The van der Waals surface area contributed by atoms with E-state index in [4.69, 9.17) is 4.74 Å². The number of aromatic nitrogens is 1. The molecule has 0 amide bonds. The minimum atomic E-state index is -6.17. The molecule has 0 aliphatic carbocycles. The lowest BCUT2D eigenvalue weighted by atomic mass is 9.99. The SMILES string of the molecule is CN(C)Cc1ccc(F)cc1.O=Cc1c(C=O)c(OC(c2ccccc2)c2ccccc2)c2ncccc2c1OS(=O)(=O)C(F)(F)F. The third-order valence-corrected chi connectivity index (χ3v) is 7.56. The molecule has 0 saturated carbocycles. The highest BCUT2D eigenvalue weighted by molar-refractivity contribution is 7.88. The molecule has 1 heterocycles. The number of hydrogen-bond acceptors (Lipinski definition) is 8. The van der Waals surface area contributed by atoms with Crippen LogP contribution in [0.1, 0.15) is 43.5 Å². The molecule has 1 aromatic heterocycles. The van der Waals surface area contributed by atoms with Gasteiger partial charge in [0.1, 0.15) is 17.4 Å². The zero-order chi connectivity index (χ0) is 34.2. The molecule has 0 saturated heterocycles. The second-order valence-electron chi connectivity index (χ2n) is 10.3. The average Bonchev–Trinajstić information content (AvgIpc) is 3.05. The van der Waals surface area contributed by atoms with Crippen LogP contribution in [-0.2, 0) is 16.7 Å². The minimum absolute atomic E-state index is 0.0320. The Hall–Kier alpha value is -5.14. The molecule has 0 N–H and O–H groups in total. The lowest BCUT2D eigenvalue weighted by Crippen LogP contribution is -2.28. The first-order valence-corrected chi connectivity index (χ1v) is 15.3. The molecule has 5 aromatic rings. The normalized spacial score (nSPS) is 11.6. The Morgan fingerprint density at radius 1 is 0.787 bits per heavy atom. The van der Waals surface area contributed by atoms with Crippen LogP contribution in [0.3, 0.4) is 0 Å². The highest BCUT2D eigenvalue weighted by Gasteiger charge is 2.49. The summed E-state index contributed by atoms with van der Waals surface area (Å²) in [5, 5.41) is -0.270.